The maximum atomic E-state index is 11.2. The van der Waals surface area contributed by atoms with Gasteiger partial charge in [0, 0.05) is 21.7 Å². The van der Waals surface area contributed by atoms with Crippen LogP contribution in [0.2, 0.25) is 0 Å². The zero-order chi connectivity index (χ0) is 14.7. The van der Waals surface area contributed by atoms with E-state index in [-0.39, 0.29) is 11.6 Å². The molecule has 1 atom stereocenters. The minimum absolute atomic E-state index is 0.0907. The Bertz CT molecular complexity index is 630. The molecule has 2 heterocycles. The number of carboxylic acid groups (broad SMARTS) is 1. The Balaban J connectivity index is 2.23. The van der Waals surface area contributed by atoms with Gasteiger partial charge in [0.1, 0.15) is 16.4 Å². The van der Waals surface area contributed by atoms with E-state index in [0.717, 1.165) is 11.4 Å². The van der Waals surface area contributed by atoms with Crippen LogP contribution in [0.15, 0.2) is 22.9 Å². The number of carboxylic acids is 1. The molecule has 2 rings (SSSR count). The fraction of sp³-hybridized carbons (Fsp3) is 0.308. The Morgan fingerprint density at radius 3 is 2.85 bits per heavy atom. The minimum atomic E-state index is -1.01. The number of carbonyl (C=O) groups is 1. The normalized spacial score (nSPS) is 12.2. The Hall–Kier alpha value is -1.47. The minimum Gasteiger partial charge on any atom is -0.478 e. The van der Waals surface area contributed by atoms with Crippen molar-refractivity contribution in [3.05, 3.63) is 38.4 Å². The first-order chi connectivity index (χ1) is 9.51. The number of hydrogen-bond acceptors (Lipinski definition) is 5. The first kappa shape index (κ1) is 14.9. The van der Waals surface area contributed by atoms with Gasteiger partial charge in [-0.2, -0.15) is 0 Å². The van der Waals surface area contributed by atoms with E-state index in [4.69, 9.17) is 0 Å². The van der Waals surface area contributed by atoms with Gasteiger partial charge in [-0.05, 0) is 35.3 Å². The van der Waals surface area contributed by atoms with E-state index in [2.05, 4.69) is 38.1 Å². The zero-order valence-corrected chi connectivity index (χ0v) is 13.5. The van der Waals surface area contributed by atoms with Crippen LogP contribution in [-0.2, 0) is 6.42 Å². The SMILES string of the molecule is CCc1cnc(C(C)Nc2ncc(Br)cc2C(=O)O)s1. The summed E-state index contributed by atoms with van der Waals surface area (Å²) in [6, 6.07) is 1.44. The summed E-state index contributed by atoms with van der Waals surface area (Å²) >= 11 is 4.84. The molecule has 0 aromatic carbocycles. The summed E-state index contributed by atoms with van der Waals surface area (Å²) in [5.74, 6) is -0.664. The molecule has 0 aliphatic rings. The second-order valence-corrected chi connectivity index (χ2v) is 6.30. The third-order valence-electron chi connectivity index (χ3n) is 2.73. The molecular weight excluding hydrogens is 342 g/mol. The standard InChI is InChI=1S/C13H14BrN3O2S/c1-3-9-6-16-12(20-9)7(2)17-11-10(13(18)19)4-8(14)5-15-11/h4-7H,3H2,1-2H3,(H,15,17)(H,18,19). The second-order valence-electron chi connectivity index (χ2n) is 4.24. The average molecular weight is 356 g/mol. The molecule has 0 aliphatic heterocycles. The fourth-order valence-corrected chi connectivity index (χ4v) is 2.86. The predicted octanol–water partition coefficient (Wildman–Crippen LogP) is 3.73. The van der Waals surface area contributed by atoms with Gasteiger partial charge < -0.3 is 10.4 Å². The quantitative estimate of drug-likeness (QED) is 0.854. The van der Waals surface area contributed by atoms with Crippen LogP contribution in [0, 0.1) is 0 Å². The number of nitrogens with zero attached hydrogens (tertiary/aromatic N) is 2. The third-order valence-corrected chi connectivity index (χ3v) is 4.49. The van der Waals surface area contributed by atoms with Crippen molar-refractivity contribution >= 4 is 39.1 Å². The van der Waals surface area contributed by atoms with Crippen molar-refractivity contribution in [3.8, 4) is 0 Å². The van der Waals surface area contributed by atoms with E-state index < -0.39 is 5.97 Å². The molecule has 0 amide bonds. The van der Waals surface area contributed by atoms with Gasteiger partial charge in [0.2, 0.25) is 0 Å². The number of thiazole rings is 1. The van der Waals surface area contributed by atoms with Crippen LogP contribution in [0.3, 0.4) is 0 Å². The summed E-state index contributed by atoms with van der Waals surface area (Å²) in [6.07, 6.45) is 4.37. The van der Waals surface area contributed by atoms with Gasteiger partial charge in [-0.3, -0.25) is 0 Å². The third kappa shape index (κ3) is 3.34. The maximum absolute atomic E-state index is 11.2. The van der Waals surface area contributed by atoms with Gasteiger partial charge in [-0.25, -0.2) is 14.8 Å². The Morgan fingerprint density at radius 2 is 2.25 bits per heavy atom. The summed E-state index contributed by atoms with van der Waals surface area (Å²) < 4.78 is 0.635. The van der Waals surface area contributed by atoms with Crippen LogP contribution in [0.5, 0.6) is 0 Å². The highest BCUT2D eigenvalue weighted by atomic mass is 79.9. The molecule has 5 nitrogen and oxygen atoms in total. The number of halogens is 1. The number of aryl methyl sites for hydroxylation is 1. The van der Waals surface area contributed by atoms with E-state index in [1.807, 2.05) is 13.1 Å². The summed E-state index contributed by atoms with van der Waals surface area (Å²) in [7, 11) is 0. The molecule has 0 radical (unpaired) electrons. The molecule has 2 aromatic rings. The van der Waals surface area contributed by atoms with E-state index in [9.17, 15) is 9.90 Å². The van der Waals surface area contributed by atoms with Crippen molar-refractivity contribution in [1.29, 1.82) is 0 Å². The molecule has 0 fully saturated rings. The number of aromatic nitrogens is 2. The zero-order valence-electron chi connectivity index (χ0n) is 11.1. The van der Waals surface area contributed by atoms with Crippen LogP contribution < -0.4 is 5.32 Å². The molecule has 2 N–H and O–H groups in total. The van der Waals surface area contributed by atoms with Crippen LogP contribution in [0.4, 0.5) is 5.82 Å². The lowest BCUT2D eigenvalue weighted by molar-refractivity contribution is 0.0697. The molecule has 2 aromatic heterocycles. The number of aromatic carboxylic acids is 1. The van der Waals surface area contributed by atoms with E-state index >= 15 is 0 Å². The molecule has 0 spiro atoms. The lowest BCUT2D eigenvalue weighted by atomic mass is 10.2. The van der Waals surface area contributed by atoms with E-state index in [1.165, 1.54) is 10.9 Å². The molecule has 0 aliphatic carbocycles. The van der Waals surface area contributed by atoms with Crippen LogP contribution >= 0.6 is 27.3 Å². The van der Waals surface area contributed by atoms with Crippen molar-refractivity contribution in [1.82, 2.24) is 9.97 Å². The molecular formula is C13H14BrN3O2S. The van der Waals surface area contributed by atoms with Gasteiger partial charge in [0.25, 0.3) is 0 Å². The van der Waals surface area contributed by atoms with Crippen LogP contribution in [0.25, 0.3) is 0 Å². The van der Waals surface area contributed by atoms with E-state index in [1.54, 1.807) is 17.5 Å². The van der Waals surface area contributed by atoms with Gasteiger partial charge >= 0.3 is 5.97 Å². The van der Waals surface area contributed by atoms with E-state index in [0.29, 0.717) is 10.3 Å². The highest BCUT2D eigenvalue weighted by Gasteiger charge is 2.16. The number of hydrogen-bond donors (Lipinski definition) is 2. The van der Waals surface area contributed by atoms with Crippen molar-refractivity contribution in [2.45, 2.75) is 26.3 Å². The molecule has 0 saturated heterocycles. The second kappa shape index (κ2) is 6.32. The lowest BCUT2D eigenvalue weighted by Gasteiger charge is -2.13. The van der Waals surface area contributed by atoms with Crippen molar-refractivity contribution < 1.29 is 9.90 Å². The molecule has 0 saturated carbocycles. The van der Waals surface area contributed by atoms with Gasteiger partial charge in [-0.1, -0.05) is 6.92 Å². The maximum Gasteiger partial charge on any atom is 0.339 e. The first-order valence-electron chi connectivity index (χ1n) is 6.11. The summed E-state index contributed by atoms with van der Waals surface area (Å²) in [5, 5.41) is 13.2. The predicted molar refractivity (Wildman–Crippen MR) is 82.4 cm³/mol. The van der Waals surface area contributed by atoms with Gasteiger partial charge in [0.05, 0.1) is 6.04 Å². The summed E-state index contributed by atoms with van der Waals surface area (Å²) in [4.78, 5) is 20.9. The number of rotatable bonds is 5. The lowest BCUT2D eigenvalue weighted by Crippen LogP contribution is -2.12. The Kier molecular flexibility index (Phi) is 4.72. The molecule has 1 unspecified atom stereocenters. The molecule has 20 heavy (non-hydrogen) atoms. The highest BCUT2D eigenvalue weighted by molar-refractivity contribution is 9.10. The highest BCUT2D eigenvalue weighted by Crippen LogP contribution is 2.26. The number of nitrogens with one attached hydrogen (secondary N) is 1. The first-order valence-corrected chi connectivity index (χ1v) is 7.72. The molecule has 106 valence electrons. The smallest absolute Gasteiger partial charge is 0.339 e. The van der Waals surface area contributed by atoms with Gasteiger partial charge in [-0.15, -0.1) is 11.3 Å². The van der Waals surface area contributed by atoms with Crippen molar-refractivity contribution in [2.24, 2.45) is 0 Å². The average Bonchev–Trinajstić information content (AvgIpc) is 2.89. The van der Waals surface area contributed by atoms with Crippen molar-refractivity contribution in [3.63, 3.8) is 0 Å². The topological polar surface area (TPSA) is 75.1 Å². The van der Waals surface area contributed by atoms with Gasteiger partial charge in [0.15, 0.2) is 0 Å². The van der Waals surface area contributed by atoms with Crippen LogP contribution in [-0.4, -0.2) is 21.0 Å². The van der Waals surface area contributed by atoms with Crippen LogP contribution in [0.1, 0.15) is 40.1 Å². The largest absolute Gasteiger partial charge is 0.478 e. The molecule has 0 bridgehead atoms. The number of pyridine rings is 1. The Morgan fingerprint density at radius 1 is 1.50 bits per heavy atom. The molecule has 7 heteroatoms. The summed E-state index contributed by atoms with van der Waals surface area (Å²) in [5.41, 5.74) is 0.137. The van der Waals surface area contributed by atoms with Crippen molar-refractivity contribution in [2.75, 3.05) is 5.32 Å². The number of anilines is 1. The fourth-order valence-electron chi connectivity index (χ4n) is 1.67. The summed E-state index contributed by atoms with van der Waals surface area (Å²) in [6.45, 7) is 4.02. The Labute approximate surface area is 129 Å². The monoisotopic (exact) mass is 355 g/mol.